The second-order valence-electron chi connectivity index (χ2n) is 5.68. The number of hydrogen-bond donors (Lipinski definition) is 2. The van der Waals surface area contributed by atoms with Crippen LogP contribution < -0.4 is 10.6 Å². The number of nitrogens with one attached hydrogen (secondary N) is 2. The molecular weight excluding hydrogens is 385 g/mol. The molecule has 142 valence electrons. The summed E-state index contributed by atoms with van der Waals surface area (Å²) in [5, 5.41) is 5.73. The molecule has 0 fully saturated rings. The number of carbonyl (C=O) groups excluding carboxylic acids is 2. The van der Waals surface area contributed by atoms with Gasteiger partial charge in [0.1, 0.15) is 11.6 Å². The van der Waals surface area contributed by atoms with Crippen LogP contribution >= 0.6 is 11.6 Å². The molecule has 0 spiro atoms. The van der Waals surface area contributed by atoms with E-state index in [1.54, 1.807) is 24.3 Å². The summed E-state index contributed by atoms with van der Waals surface area (Å²) in [6.07, 6.45) is 1.34. The molecule has 0 unspecified atom stereocenters. The topological polar surface area (TPSA) is 80.3 Å². The van der Waals surface area contributed by atoms with E-state index < -0.39 is 17.7 Å². The summed E-state index contributed by atoms with van der Waals surface area (Å²) in [4.78, 5) is 28.2. The highest BCUT2D eigenvalue weighted by molar-refractivity contribution is 6.34. The number of ether oxygens (including phenoxy) is 1. The quantitative estimate of drug-likeness (QED) is 0.610. The Hall–Kier alpha value is -3.45. The largest absolute Gasteiger partial charge is 0.465 e. The van der Waals surface area contributed by atoms with Crippen molar-refractivity contribution in [2.45, 2.75) is 0 Å². The van der Waals surface area contributed by atoms with Gasteiger partial charge in [-0.1, -0.05) is 23.7 Å². The lowest BCUT2D eigenvalue weighted by Gasteiger charge is -2.10. The van der Waals surface area contributed by atoms with Crippen LogP contribution in [0.25, 0.3) is 0 Å². The molecule has 1 heterocycles. The molecule has 0 saturated carbocycles. The van der Waals surface area contributed by atoms with Crippen molar-refractivity contribution in [3.8, 4) is 0 Å². The summed E-state index contributed by atoms with van der Waals surface area (Å²) in [6.45, 7) is 0. The number of aromatic nitrogens is 1. The molecule has 6 nitrogen and oxygen atoms in total. The molecule has 2 N–H and O–H groups in total. The molecule has 0 aliphatic rings. The number of benzene rings is 2. The zero-order chi connectivity index (χ0) is 20.1. The number of hydrogen-bond acceptors (Lipinski definition) is 5. The van der Waals surface area contributed by atoms with E-state index in [9.17, 15) is 14.0 Å². The van der Waals surface area contributed by atoms with Gasteiger partial charge < -0.3 is 15.4 Å². The van der Waals surface area contributed by atoms with Gasteiger partial charge in [-0.15, -0.1) is 0 Å². The minimum Gasteiger partial charge on any atom is -0.465 e. The van der Waals surface area contributed by atoms with Gasteiger partial charge in [0.05, 0.1) is 34.6 Å². The molecule has 0 saturated heterocycles. The van der Waals surface area contributed by atoms with Crippen molar-refractivity contribution in [2.24, 2.45) is 0 Å². The normalized spacial score (nSPS) is 10.2. The first-order valence-corrected chi connectivity index (χ1v) is 8.52. The van der Waals surface area contributed by atoms with Crippen molar-refractivity contribution >= 4 is 40.7 Å². The van der Waals surface area contributed by atoms with Crippen LogP contribution in [-0.4, -0.2) is 24.0 Å². The van der Waals surface area contributed by atoms with Crippen LogP contribution in [0.3, 0.4) is 0 Å². The van der Waals surface area contributed by atoms with E-state index in [-0.39, 0.29) is 27.5 Å². The molecule has 0 atom stereocenters. The lowest BCUT2D eigenvalue weighted by atomic mass is 10.2. The molecule has 1 amide bonds. The minimum atomic E-state index is -0.544. The van der Waals surface area contributed by atoms with Gasteiger partial charge in [-0.2, -0.15) is 0 Å². The fourth-order valence-corrected chi connectivity index (χ4v) is 2.53. The van der Waals surface area contributed by atoms with Crippen LogP contribution in [0.2, 0.25) is 5.02 Å². The predicted octanol–water partition coefficient (Wildman–Crippen LogP) is 4.66. The van der Waals surface area contributed by atoms with Crippen LogP contribution in [0.4, 0.5) is 21.6 Å². The van der Waals surface area contributed by atoms with Crippen LogP contribution in [0.5, 0.6) is 0 Å². The van der Waals surface area contributed by atoms with Crippen molar-refractivity contribution in [3.05, 3.63) is 82.8 Å². The lowest BCUT2D eigenvalue weighted by molar-refractivity contribution is 0.0600. The first-order chi connectivity index (χ1) is 13.5. The Morgan fingerprint density at radius 3 is 2.46 bits per heavy atom. The van der Waals surface area contributed by atoms with E-state index >= 15 is 0 Å². The summed E-state index contributed by atoms with van der Waals surface area (Å²) in [6, 6.07) is 13.7. The van der Waals surface area contributed by atoms with E-state index in [4.69, 9.17) is 11.6 Å². The Kier molecular flexibility index (Phi) is 5.86. The van der Waals surface area contributed by atoms with Gasteiger partial charge in [0.15, 0.2) is 0 Å². The van der Waals surface area contributed by atoms with Crippen molar-refractivity contribution in [1.82, 2.24) is 4.98 Å². The Balaban J connectivity index is 1.73. The second-order valence-corrected chi connectivity index (χ2v) is 6.08. The van der Waals surface area contributed by atoms with Gasteiger partial charge in [0.25, 0.3) is 5.91 Å². The van der Waals surface area contributed by atoms with Crippen LogP contribution in [0, 0.1) is 5.82 Å². The Bertz CT molecular complexity index is 1030. The van der Waals surface area contributed by atoms with E-state index in [1.165, 1.54) is 43.6 Å². The number of pyridine rings is 1. The first kappa shape index (κ1) is 19.3. The molecule has 1 aromatic heterocycles. The predicted molar refractivity (Wildman–Crippen MR) is 105 cm³/mol. The first-order valence-electron chi connectivity index (χ1n) is 8.15. The number of anilines is 3. The van der Waals surface area contributed by atoms with Gasteiger partial charge in [-0.25, -0.2) is 14.2 Å². The molecule has 2 aromatic carbocycles. The standard InChI is InChI=1S/C20H15ClFN3O3/c1-28-20(27)12-6-8-14(21)17(10-12)25-19(26)13-7-9-18(23-11-13)24-16-5-3-2-4-15(16)22/h2-11H,1H3,(H,23,24)(H,25,26). The third kappa shape index (κ3) is 4.44. The Morgan fingerprint density at radius 1 is 1.04 bits per heavy atom. The highest BCUT2D eigenvalue weighted by Crippen LogP contribution is 2.24. The van der Waals surface area contributed by atoms with Crippen molar-refractivity contribution < 1.29 is 18.7 Å². The van der Waals surface area contributed by atoms with Gasteiger partial charge in [-0.3, -0.25) is 4.79 Å². The number of halogens is 2. The molecule has 0 aliphatic carbocycles. The van der Waals surface area contributed by atoms with E-state index in [1.807, 2.05) is 0 Å². The zero-order valence-corrected chi connectivity index (χ0v) is 15.5. The van der Waals surface area contributed by atoms with Crippen molar-refractivity contribution in [2.75, 3.05) is 17.7 Å². The molecule has 3 aromatic rings. The smallest absolute Gasteiger partial charge is 0.337 e. The summed E-state index contributed by atoms with van der Waals surface area (Å²) >= 11 is 6.08. The van der Waals surface area contributed by atoms with Gasteiger partial charge >= 0.3 is 5.97 Å². The SMILES string of the molecule is COC(=O)c1ccc(Cl)c(NC(=O)c2ccc(Nc3ccccc3F)nc2)c1. The van der Waals surface area contributed by atoms with Crippen molar-refractivity contribution in [1.29, 1.82) is 0 Å². The maximum absolute atomic E-state index is 13.7. The highest BCUT2D eigenvalue weighted by Gasteiger charge is 2.13. The fourth-order valence-electron chi connectivity index (χ4n) is 2.36. The second kappa shape index (κ2) is 8.49. The minimum absolute atomic E-state index is 0.254. The molecule has 0 radical (unpaired) electrons. The Labute approximate surface area is 165 Å². The third-order valence-corrected chi connectivity index (χ3v) is 4.13. The number of carbonyl (C=O) groups is 2. The average Bonchev–Trinajstić information content (AvgIpc) is 2.71. The Morgan fingerprint density at radius 2 is 1.79 bits per heavy atom. The van der Waals surface area contributed by atoms with Gasteiger partial charge in [0.2, 0.25) is 0 Å². The zero-order valence-electron chi connectivity index (χ0n) is 14.7. The summed E-state index contributed by atoms with van der Waals surface area (Å²) in [7, 11) is 1.26. The molecule has 0 aliphatic heterocycles. The van der Waals surface area contributed by atoms with Gasteiger partial charge in [-0.05, 0) is 42.5 Å². The molecule has 8 heteroatoms. The van der Waals surface area contributed by atoms with E-state index in [0.717, 1.165) is 0 Å². The number of para-hydroxylation sites is 1. The maximum atomic E-state index is 13.7. The molecule has 0 bridgehead atoms. The van der Waals surface area contributed by atoms with Crippen molar-refractivity contribution in [3.63, 3.8) is 0 Å². The molecular formula is C20H15ClFN3O3. The highest BCUT2D eigenvalue weighted by atomic mass is 35.5. The summed E-state index contributed by atoms with van der Waals surface area (Å²) in [5.41, 5.74) is 1.06. The molecule has 28 heavy (non-hydrogen) atoms. The van der Waals surface area contributed by atoms with Crippen LogP contribution in [-0.2, 0) is 4.74 Å². The summed E-state index contributed by atoms with van der Waals surface area (Å²) in [5.74, 6) is -1.04. The lowest BCUT2D eigenvalue weighted by Crippen LogP contribution is -2.13. The number of nitrogens with zero attached hydrogens (tertiary/aromatic N) is 1. The monoisotopic (exact) mass is 399 g/mol. The van der Waals surface area contributed by atoms with Gasteiger partial charge in [0, 0.05) is 6.20 Å². The number of methoxy groups -OCH3 is 1. The fraction of sp³-hybridized carbons (Fsp3) is 0.0500. The van der Waals surface area contributed by atoms with E-state index in [2.05, 4.69) is 20.4 Å². The number of amides is 1. The average molecular weight is 400 g/mol. The maximum Gasteiger partial charge on any atom is 0.337 e. The van der Waals surface area contributed by atoms with Crippen LogP contribution in [0.15, 0.2) is 60.8 Å². The molecule has 3 rings (SSSR count). The third-order valence-electron chi connectivity index (χ3n) is 3.80. The summed E-state index contributed by atoms with van der Waals surface area (Å²) < 4.78 is 18.3. The number of rotatable bonds is 5. The number of esters is 1. The van der Waals surface area contributed by atoms with Crippen LogP contribution in [0.1, 0.15) is 20.7 Å². The van der Waals surface area contributed by atoms with E-state index in [0.29, 0.717) is 5.82 Å².